The van der Waals surface area contributed by atoms with Gasteiger partial charge in [0.05, 0.1) is 0 Å². The van der Waals surface area contributed by atoms with Crippen molar-refractivity contribution in [3.8, 4) is 0 Å². The molecule has 0 fully saturated rings. The van der Waals surface area contributed by atoms with Crippen molar-refractivity contribution in [3.63, 3.8) is 0 Å². The van der Waals surface area contributed by atoms with Crippen molar-refractivity contribution in [3.05, 3.63) is 70.5 Å². The van der Waals surface area contributed by atoms with Crippen LogP contribution >= 0.6 is 0 Å². The van der Waals surface area contributed by atoms with Gasteiger partial charge in [-0.1, -0.05) is 36.4 Å². The van der Waals surface area contributed by atoms with Crippen LogP contribution in [0.4, 0.5) is 4.39 Å². The molecule has 19 heavy (non-hydrogen) atoms. The van der Waals surface area contributed by atoms with Gasteiger partial charge in [-0.05, 0) is 54.1 Å². The van der Waals surface area contributed by atoms with E-state index in [0.29, 0.717) is 6.54 Å². The van der Waals surface area contributed by atoms with Crippen molar-refractivity contribution >= 4 is 0 Å². The summed E-state index contributed by atoms with van der Waals surface area (Å²) in [6.45, 7) is 0.620. The van der Waals surface area contributed by atoms with Crippen LogP contribution in [0.15, 0.2) is 42.5 Å². The Balaban J connectivity index is 2.18. The number of hydrogen-bond acceptors (Lipinski definition) is 1. The van der Waals surface area contributed by atoms with Crippen molar-refractivity contribution < 1.29 is 4.39 Å². The van der Waals surface area contributed by atoms with Crippen LogP contribution in [0.3, 0.4) is 0 Å². The van der Waals surface area contributed by atoms with E-state index in [2.05, 4.69) is 30.3 Å². The molecule has 0 saturated carbocycles. The molecule has 2 aromatic carbocycles. The Hall–Kier alpha value is -1.67. The van der Waals surface area contributed by atoms with E-state index in [4.69, 9.17) is 5.73 Å². The first kappa shape index (κ1) is 12.4. The van der Waals surface area contributed by atoms with E-state index >= 15 is 0 Å². The summed E-state index contributed by atoms with van der Waals surface area (Å²) < 4.78 is 14.1. The summed E-state index contributed by atoms with van der Waals surface area (Å²) >= 11 is 0. The SMILES string of the molecule is NCCC1c2ccccc2CCc2c(F)cccc21. The third-order valence-corrected chi connectivity index (χ3v) is 4.06. The minimum atomic E-state index is -0.0765. The highest BCUT2D eigenvalue weighted by Crippen LogP contribution is 2.36. The molecule has 0 aromatic heterocycles. The maximum Gasteiger partial charge on any atom is 0.126 e. The lowest BCUT2D eigenvalue weighted by atomic mass is 9.85. The largest absolute Gasteiger partial charge is 0.330 e. The zero-order valence-electron chi connectivity index (χ0n) is 10.9. The van der Waals surface area contributed by atoms with Gasteiger partial charge in [0.25, 0.3) is 0 Å². The average Bonchev–Trinajstić information content (AvgIpc) is 2.59. The molecular weight excluding hydrogens is 237 g/mol. The second kappa shape index (κ2) is 5.14. The Morgan fingerprint density at radius 3 is 2.63 bits per heavy atom. The molecule has 1 aliphatic rings. The van der Waals surface area contributed by atoms with Gasteiger partial charge in [0.15, 0.2) is 0 Å². The second-order valence-electron chi connectivity index (χ2n) is 5.14. The molecule has 0 spiro atoms. The maximum absolute atomic E-state index is 14.1. The van der Waals surface area contributed by atoms with E-state index in [0.717, 1.165) is 30.4 Å². The highest BCUT2D eigenvalue weighted by Gasteiger charge is 2.24. The number of fused-ring (bicyclic) bond motifs is 2. The second-order valence-corrected chi connectivity index (χ2v) is 5.14. The van der Waals surface area contributed by atoms with Gasteiger partial charge < -0.3 is 5.73 Å². The van der Waals surface area contributed by atoms with E-state index in [9.17, 15) is 4.39 Å². The van der Waals surface area contributed by atoms with Gasteiger partial charge in [-0.2, -0.15) is 0 Å². The lowest BCUT2D eigenvalue weighted by Crippen LogP contribution is -2.10. The molecular formula is C17H18FN. The van der Waals surface area contributed by atoms with Crippen LogP contribution in [-0.4, -0.2) is 6.54 Å². The quantitative estimate of drug-likeness (QED) is 0.874. The molecule has 0 heterocycles. The van der Waals surface area contributed by atoms with Crippen LogP contribution in [0, 0.1) is 5.82 Å². The summed E-state index contributed by atoms with van der Waals surface area (Å²) in [7, 11) is 0. The molecule has 98 valence electrons. The van der Waals surface area contributed by atoms with Crippen molar-refractivity contribution in [2.24, 2.45) is 5.73 Å². The first-order valence-electron chi connectivity index (χ1n) is 6.86. The highest BCUT2D eigenvalue weighted by atomic mass is 19.1. The molecule has 0 radical (unpaired) electrons. The molecule has 1 nitrogen and oxygen atoms in total. The van der Waals surface area contributed by atoms with E-state index in [-0.39, 0.29) is 11.7 Å². The minimum Gasteiger partial charge on any atom is -0.330 e. The van der Waals surface area contributed by atoms with Crippen molar-refractivity contribution in [2.45, 2.75) is 25.2 Å². The molecule has 0 saturated heterocycles. The van der Waals surface area contributed by atoms with E-state index < -0.39 is 0 Å². The molecule has 1 aliphatic carbocycles. The van der Waals surface area contributed by atoms with Crippen LogP contribution < -0.4 is 5.73 Å². The lowest BCUT2D eigenvalue weighted by molar-refractivity contribution is 0.602. The van der Waals surface area contributed by atoms with Gasteiger partial charge in [-0.3, -0.25) is 0 Å². The van der Waals surface area contributed by atoms with Crippen LogP contribution in [0.2, 0.25) is 0 Å². The maximum atomic E-state index is 14.1. The number of benzene rings is 2. The van der Waals surface area contributed by atoms with E-state index in [1.54, 1.807) is 6.07 Å². The Bertz CT molecular complexity index is 592. The van der Waals surface area contributed by atoms with Gasteiger partial charge in [-0.25, -0.2) is 4.39 Å². The fourth-order valence-corrected chi connectivity index (χ4v) is 3.17. The van der Waals surface area contributed by atoms with Crippen molar-refractivity contribution in [1.29, 1.82) is 0 Å². The predicted octanol–water partition coefficient (Wildman–Crippen LogP) is 3.41. The zero-order valence-corrected chi connectivity index (χ0v) is 10.9. The fourth-order valence-electron chi connectivity index (χ4n) is 3.17. The van der Waals surface area contributed by atoms with Gasteiger partial charge in [0.2, 0.25) is 0 Å². The zero-order chi connectivity index (χ0) is 13.2. The topological polar surface area (TPSA) is 26.0 Å². The van der Waals surface area contributed by atoms with Gasteiger partial charge in [0.1, 0.15) is 5.82 Å². The molecule has 2 N–H and O–H groups in total. The first-order valence-corrected chi connectivity index (χ1v) is 6.86. The predicted molar refractivity (Wildman–Crippen MR) is 75.8 cm³/mol. The number of aryl methyl sites for hydroxylation is 1. The van der Waals surface area contributed by atoms with Crippen LogP contribution in [0.25, 0.3) is 0 Å². The normalized spacial score (nSPS) is 17.5. The smallest absolute Gasteiger partial charge is 0.126 e. The number of hydrogen-bond donors (Lipinski definition) is 1. The summed E-state index contributed by atoms with van der Waals surface area (Å²) in [6, 6.07) is 13.9. The standard InChI is InChI=1S/C17H18FN/c18-17-7-3-6-14-15(10-11-19)13-5-2-1-4-12(13)8-9-16(14)17/h1-7,15H,8-11,19H2. The number of nitrogens with two attached hydrogens (primary N) is 1. The molecule has 0 aliphatic heterocycles. The molecule has 0 amide bonds. The Kier molecular flexibility index (Phi) is 3.34. The summed E-state index contributed by atoms with van der Waals surface area (Å²) in [6.07, 6.45) is 2.55. The molecule has 3 rings (SSSR count). The molecule has 2 heteroatoms. The minimum absolute atomic E-state index is 0.0765. The fraction of sp³-hybridized carbons (Fsp3) is 0.294. The number of halogens is 1. The average molecular weight is 255 g/mol. The molecule has 1 unspecified atom stereocenters. The van der Waals surface area contributed by atoms with E-state index in [1.165, 1.54) is 11.1 Å². The lowest BCUT2D eigenvalue weighted by Gasteiger charge is -2.19. The molecule has 0 bridgehead atoms. The highest BCUT2D eigenvalue weighted by molar-refractivity contribution is 5.45. The first-order chi connectivity index (χ1) is 9.31. The summed E-state index contributed by atoms with van der Waals surface area (Å²) in [4.78, 5) is 0. The Morgan fingerprint density at radius 1 is 1.00 bits per heavy atom. The summed E-state index contributed by atoms with van der Waals surface area (Å²) in [5.41, 5.74) is 10.4. The van der Waals surface area contributed by atoms with Crippen LogP contribution in [-0.2, 0) is 12.8 Å². The third-order valence-electron chi connectivity index (χ3n) is 4.06. The van der Waals surface area contributed by atoms with E-state index in [1.807, 2.05) is 6.07 Å². The van der Waals surface area contributed by atoms with Gasteiger partial charge >= 0.3 is 0 Å². The number of rotatable bonds is 2. The van der Waals surface area contributed by atoms with Crippen LogP contribution in [0.1, 0.15) is 34.6 Å². The summed E-state index contributed by atoms with van der Waals surface area (Å²) in [5.74, 6) is 0.154. The third kappa shape index (κ3) is 2.17. The molecule has 2 aromatic rings. The Morgan fingerprint density at radius 2 is 1.79 bits per heavy atom. The Labute approximate surface area is 113 Å². The monoisotopic (exact) mass is 255 g/mol. The molecule has 1 atom stereocenters. The van der Waals surface area contributed by atoms with Gasteiger partial charge in [-0.15, -0.1) is 0 Å². The van der Waals surface area contributed by atoms with Crippen LogP contribution in [0.5, 0.6) is 0 Å². The van der Waals surface area contributed by atoms with Crippen molar-refractivity contribution in [1.82, 2.24) is 0 Å². The van der Waals surface area contributed by atoms with Crippen molar-refractivity contribution in [2.75, 3.05) is 6.54 Å². The summed E-state index contributed by atoms with van der Waals surface area (Å²) in [5, 5.41) is 0. The van der Waals surface area contributed by atoms with Gasteiger partial charge in [0, 0.05) is 5.92 Å².